The van der Waals surface area contributed by atoms with Gasteiger partial charge in [-0.1, -0.05) is 18.2 Å². The number of carboxylic acids is 1. The molecule has 4 aromatic rings. The molecule has 3 N–H and O–H groups in total. The van der Waals surface area contributed by atoms with E-state index in [4.69, 9.17) is 0 Å². The maximum atomic E-state index is 12.4. The minimum Gasteiger partial charge on any atom is -0.506 e. The van der Waals surface area contributed by atoms with Crippen LogP contribution in [0.3, 0.4) is 0 Å². The van der Waals surface area contributed by atoms with Gasteiger partial charge in [0.15, 0.2) is 0 Å². The number of aromatic nitrogens is 2. The molecule has 0 unspecified atom stereocenters. The number of pyridine rings is 1. The molecular weight excluding hydrogens is 443 g/mol. The number of anilines is 1. The van der Waals surface area contributed by atoms with Crippen molar-refractivity contribution in [2.75, 3.05) is 5.32 Å². The Hall–Kier alpha value is -4.28. The van der Waals surface area contributed by atoms with E-state index in [2.05, 4.69) is 15.0 Å². The summed E-state index contributed by atoms with van der Waals surface area (Å²) >= 11 is 0. The predicted molar refractivity (Wildman–Crippen MR) is 112 cm³/mol. The molecule has 0 radical (unpaired) electrons. The van der Waals surface area contributed by atoms with Crippen LogP contribution in [0.5, 0.6) is 11.5 Å². The molecule has 11 heteroatoms. The Morgan fingerprint density at radius 3 is 2.45 bits per heavy atom. The van der Waals surface area contributed by atoms with Crippen molar-refractivity contribution in [2.45, 2.75) is 19.3 Å². The molecule has 0 saturated carbocycles. The quantitative estimate of drug-likeness (QED) is 0.360. The molecule has 0 saturated heterocycles. The van der Waals surface area contributed by atoms with Gasteiger partial charge in [0.05, 0.1) is 40.9 Å². The highest BCUT2D eigenvalue weighted by Crippen LogP contribution is 2.40. The normalized spacial score (nSPS) is 11.6. The molecule has 0 atom stereocenters. The fourth-order valence-electron chi connectivity index (χ4n) is 3.83. The highest BCUT2D eigenvalue weighted by Gasteiger charge is 2.31. The van der Waals surface area contributed by atoms with Gasteiger partial charge in [-0.2, -0.15) is 0 Å². The molecule has 33 heavy (non-hydrogen) atoms. The van der Waals surface area contributed by atoms with E-state index in [1.807, 2.05) is 0 Å². The van der Waals surface area contributed by atoms with E-state index in [-0.39, 0.29) is 30.2 Å². The zero-order valence-corrected chi connectivity index (χ0v) is 16.8. The van der Waals surface area contributed by atoms with Crippen molar-refractivity contribution in [1.82, 2.24) is 9.55 Å². The van der Waals surface area contributed by atoms with Crippen LogP contribution in [0.1, 0.15) is 11.1 Å². The molecule has 1 amide bonds. The number of nitrogens with one attached hydrogen (secondary N) is 1. The summed E-state index contributed by atoms with van der Waals surface area (Å²) in [6, 6.07) is 8.54. The number of carbonyl (C=O) groups excluding carboxylic acids is 1. The molecular formula is C22H16F3N3O5. The van der Waals surface area contributed by atoms with Crippen molar-refractivity contribution in [2.24, 2.45) is 0 Å². The van der Waals surface area contributed by atoms with E-state index in [1.165, 1.54) is 36.7 Å². The third kappa shape index (κ3) is 4.38. The maximum absolute atomic E-state index is 12.4. The number of alkyl halides is 3. The Balaban J connectivity index is 1.88. The molecule has 0 spiro atoms. The van der Waals surface area contributed by atoms with Gasteiger partial charge in [0, 0.05) is 11.9 Å². The van der Waals surface area contributed by atoms with Gasteiger partial charge < -0.3 is 24.8 Å². The third-order valence-electron chi connectivity index (χ3n) is 5.05. The van der Waals surface area contributed by atoms with Crippen molar-refractivity contribution in [1.29, 1.82) is 0 Å². The van der Waals surface area contributed by atoms with Gasteiger partial charge >= 0.3 is 12.3 Å². The van der Waals surface area contributed by atoms with Crippen LogP contribution in [0, 0.1) is 0 Å². The lowest BCUT2D eigenvalue weighted by molar-refractivity contribution is -0.274. The number of aliphatic carboxylic acids is 1. The number of aromatic hydroxyl groups is 1. The van der Waals surface area contributed by atoms with E-state index in [1.54, 1.807) is 16.7 Å². The summed E-state index contributed by atoms with van der Waals surface area (Å²) in [5.41, 5.74) is 2.26. The second-order valence-corrected chi connectivity index (χ2v) is 7.16. The smallest absolute Gasteiger partial charge is 0.506 e. The van der Waals surface area contributed by atoms with Gasteiger partial charge in [-0.15, -0.1) is 13.2 Å². The van der Waals surface area contributed by atoms with Crippen LogP contribution in [0.2, 0.25) is 0 Å². The summed E-state index contributed by atoms with van der Waals surface area (Å²) in [7, 11) is 0. The molecule has 0 fully saturated rings. The molecule has 170 valence electrons. The zero-order valence-electron chi connectivity index (χ0n) is 16.8. The first-order chi connectivity index (χ1) is 15.7. The van der Waals surface area contributed by atoms with Crippen LogP contribution in [0.25, 0.3) is 21.8 Å². The summed E-state index contributed by atoms with van der Waals surface area (Å²) in [5, 5.41) is 23.1. The van der Waals surface area contributed by atoms with Crippen molar-refractivity contribution >= 4 is 39.9 Å². The van der Waals surface area contributed by atoms with Crippen molar-refractivity contribution in [3.8, 4) is 11.5 Å². The Morgan fingerprint density at radius 1 is 1.09 bits per heavy atom. The predicted octanol–water partition coefficient (Wildman–Crippen LogP) is 4.04. The summed E-state index contributed by atoms with van der Waals surface area (Å²) in [6.45, 7) is 0.191. The SMILES string of the molecule is O=CNc1c(CC(=O)O)ccc2c1c1c(O)cncc1n2Cc1ccc(OC(F)(F)F)cc1. The molecule has 0 aliphatic rings. The standard InChI is InChI=1S/C22H16F3N3O5/c23-22(24,25)33-14-4-1-12(2-5-14)10-28-15-6-3-13(7-18(31)32)21(27-11-29)20(15)19-16(28)8-26-9-17(19)30/h1-6,8-9,11,30H,7,10H2,(H,27,29)(H,31,32). The number of carboxylic acid groups (broad SMARTS) is 1. The molecule has 0 aliphatic heterocycles. The zero-order chi connectivity index (χ0) is 23.8. The van der Waals surface area contributed by atoms with Gasteiger partial charge in [-0.3, -0.25) is 14.6 Å². The molecule has 8 nitrogen and oxygen atoms in total. The monoisotopic (exact) mass is 459 g/mol. The van der Waals surface area contributed by atoms with Gasteiger partial charge in [-0.25, -0.2) is 0 Å². The van der Waals surface area contributed by atoms with Crippen molar-refractivity contribution in [3.05, 3.63) is 59.9 Å². The van der Waals surface area contributed by atoms with Crippen molar-refractivity contribution in [3.63, 3.8) is 0 Å². The third-order valence-corrected chi connectivity index (χ3v) is 5.05. The first-order valence-corrected chi connectivity index (χ1v) is 9.55. The topological polar surface area (TPSA) is 114 Å². The van der Waals surface area contributed by atoms with Crippen LogP contribution in [-0.4, -0.2) is 38.5 Å². The summed E-state index contributed by atoms with van der Waals surface area (Å²) in [5.74, 6) is -1.63. The summed E-state index contributed by atoms with van der Waals surface area (Å²) < 4.78 is 42.9. The van der Waals surface area contributed by atoms with Gasteiger partial charge in [-0.05, 0) is 29.3 Å². The number of nitrogens with zero attached hydrogens (tertiary/aromatic N) is 2. The van der Waals surface area contributed by atoms with Crippen LogP contribution in [-0.2, 0) is 22.6 Å². The van der Waals surface area contributed by atoms with E-state index >= 15 is 0 Å². The number of rotatable bonds is 7. The average molecular weight is 459 g/mol. The second kappa shape index (κ2) is 8.34. The Morgan fingerprint density at radius 2 is 1.82 bits per heavy atom. The molecule has 2 aromatic carbocycles. The van der Waals surface area contributed by atoms with Gasteiger partial charge in [0.2, 0.25) is 6.41 Å². The first kappa shape index (κ1) is 21.9. The fraction of sp³-hybridized carbons (Fsp3) is 0.136. The molecule has 0 aliphatic carbocycles. The number of amides is 1. The minimum absolute atomic E-state index is 0.174. The van der Waals surface area contributed by atoms with E-state index in [9.17, 15) is 33.0 Å². The van der Waals surface area contributed by atoms with E-state index < -0.39 is 12.3 Å². The molecule has 2 aromatic heterocycles. The lowest BCUT2D eigenvalue weighted by Gasteiger charge is -2.12. The average Bonchev–Trinajstić information content (AvgIpc) is 3.05. The van der Waals surface area contributed by atoms with Crippen LogP contribution in [0.4, 0.5) is 18.9 Å². The molecule has 0 bridgehead atoms. The summed E-state index contributed by atoms with van der Waals surface area (Å²) in [4.78, 5) is 26.6. The summed E-state index contributed by atoms with van der Waals surface area (Å²) in [6.07, 6.45) is -2.01. The number of carbonyl (C=O) groups is 2. The number of fused-ring (bicyclic) bond motifs is 3. The Bertz CT molecular complexity index is 1360. The minimum atomic E-state index is -4.80. The van der Waals surface area contributed by atoms with Gasteiger partial charge in [0.1, 0.15) is 11.5 Å². The Kier molecular flexibility index (Phi) is 5.54. The van der Waals surface area contributed by atoms with Gasteiger partial charge in [0.25, 0.3) is 0 Å². The highest BCUT2D eigenvalue weighted by atomic mass is 19.4. The molecule has 2 heterocycles. The second-order valence-electron chi connectivity index (χ2n) is 7.16. The van der Waals surface area contributed by atoms with Crippen LogP contribution < -0.4 is 10.1 Å². The highest BCUT2D eigenvalue weighted by molar-refractivity contribution is 6.18. The lowest BCUT2D eigenvalue weighted by atomic mass is 10.0. The van der Waals surface area contributed by atoms with E-state index in [0.717, 1.165) is 0 Å². The van der Waals surface area contributed by atoms with Crippen LogP contribution >= 0.6 is 0 Å². The van der Waals surface area contributed by atoms with Crippen molar-refractivity contribution < 1.29 is 37.7 Å². The number of benzene rings is 2. The number of hydrogen-bond acceptors (Lipinski definition) is 5. The fourth-order valence-corrected chi connectivity index (χ4v) is 3.83. The number of ether oxygens (including phenoxy) is 1. The van der Waals surface area contributed by atoms with Crippen LogP contribution in [0.15, 0.2) is 48.8 Å². The first-order valence-electron chi connectivity index (χ1n) is 9.55. The lowest BCUT2D eigenvalue weighted by Crippen LogP contribution is -2.17. The molecule has 4 rings (SSSR count). The largest absolute Gasteiger partial charge is 0.573 e. The number of hydrogen-bond donors (Lipinski definition) is 3. The van der Waals surface area contributed by atoms with E-state index in [0.29, 0.717) is 39.3 Å². The maximum Gasteiger partial charge on any atom is 0.573 e. The number of halogens is 3. The Labute approximate surface area is 183 Å².